The van der Waals surface area contributed by atoms with Gasteiger partial charge in [-0.15, -0.1) is 0 Å². The van der Waals surface area contributed by atoms with Crippen molar-refractivity contribution in [2.45, 2.75) is 26.0 Å². The van der Waals surface area contributed by atoms with Crippen LogP contribution >= 0.6 is 0 Å². The maximum atomic E-state index is 8.89. The summed E-state index contributed by atoms with van der Waals surface area (Å²) in [4.78, 5) is 26.7. The first-order chi connectivity index (χ1) is 5.38. The van der Waals surface area contributed by atoms with Gasteiger partial charge in [-0.2, -0.15) is 0 Å². The van der Waals surface area contributed by atoms with Crippen molar-refractivity contribution in [3.63, 3.8) is 0 Å². The summed E-state index contributed by atoms with van der Waals surface area (Å²) in [7, 11) is -4.12. The van der Waals surface area contributed by atoms with E-state index in [2.05, 4.69) is 6.58 Å². The minimum absolute atomic E-state index is 0.245. The normalized spacial score (nSPS) is 14.4. The lowest BCUT2D eigenvalue weighted by atomic mass is 10.4. The molecule has 0 aliphatic rings. The van der Waals surface area contributed by atoms with Crippen LogP contribution in [0.4, 0.5) is 0 Å². The Morgan fingerprint density at radius 3 is 2.25 bits per heavy atom. The minimum atomic E-state index is -4.12. The van der Waals surface area contributed by atoms with E-state index in [1.54, 1.807) is 13.8 Å². The predicted octanol–water partition coefficient (Wildman–Crippen LogP) is -0.187. The van der Waals surface area contributed by atoms with Crippen LogP contribution in [0.15, 0.2) is 12.2 Å². The molecular weight excluding hydrogens is 176 g/mol. The molecule has 5 heteroatoms. The Morgan fingerprint density at radius 1 is 1.50 bits per heavy atom. The summed E-state index contributed by atoms with van der Waals surface area (Å²) in [6, 6.07) is 0. The Kier molecular flexibility index (Phi) is 4.65. The van der Waals surface area contributed by atoms with Crippen LogP contribution in [0.1, 0.15) is 20.3 Å². The molecule has 0 aliphatic carbocycles. The van der Waals surface area contributed by atoms with Gasteiger partial charge in [0, 0.05) is 0 Å². The summed E-state index contributed by atoms with van der Waals surface area (Å²) in [5, 5.41) is 0. The van der Waals surface area contributed by atoms with Gasteiger partial charge in [0.1, 0.15) is 5.73 Å². The second kappa shape index (κ2) is 4.73. The third kappa shape index (κ3) is 4.63. The monoisotopic (exact) mass is 192 g/mol. The molecule has 4 nitrogen and oxygen atoms in total. The topological polar surface area (TPSA) is 69.9 Å². The minimum Gasteiger partial charge on any atom is -0.388 e. The molecular formula is C7H16O4Si. The number of ether oxygens (including phenoxy) is 1. The van der Waals surface area contributed by atoms with Crippen LogP contribution in [0.5, 0.6) is 0 Å². The lowest BCUT2D eigenvalue weighted by Gasteiger charge is -2.21. The van der Waals surface area contributed by atoms with Crippen molar-refractivity contribution in [3.8, 4) is 0 Å². The highest BCUT2D eigenvalue weighted by Crippen LogP contribution is 2.07. The zero-order chi connectivity index (χ0) is 9.78. The van der Waals surface area contributed by atoms with Crippen LogP contribution in [-0.2, 0) is 4.74 Å². The first-order valence-electron chi connectivity index (χ1n) is 3.81. The van der Waals surface area contributed by atoms with Gasteiger partial charge in [-0.3, -0.25) is 0 Å². The van der Waals surface area contributed by atoms with E-state index in [1.165, 1.54) is 0 Å². The van der Waals surface area contributed by atoms with E-state index in [9.17, 15) is 0 Å². The molecule has 0 spiro atoms. The molecule has 1 unspecified atom stereocenters. The molecule has 0 fully saturated rings. The molecule has 0 amide bonds. The predicted molar refractivity (Wildman–Crippen MR) is 47.3 cm³/mol. The highest BCUT2D eigenvalue weighted by atomic mass is 28.4. The highest BCUT2D eigenvalue weighted by Gasteiger charge is 2.38. The third-order valence-corrected chi connectivity index (χ3v) is 2.77. The largest absolute Gasteiger partial charge is 0.523 e. The Bertz CT molecular complexity index is 152. The van der Waals surface area contributed by atoms with Crippen molar-refractivity contribution in [2.24, 2.45) is 0 Å². The van der Waals surface area contributed by atoms with Gasteiger partial charge in [0.2, 0.25) is 0 Å². The molecule has 0 saturated carbocycles. The van der Waals surface area contributed by atoms with Crippen molar-refractivity contribution in [2.75, 3.05) is 6.61 Å². The van der Waals surface area contributed by atoms with Crippen molar-refractivity contribution in [1.82, 2.24) is 0 Å². The number of hydrogen-bond donors (Lipinski definition) is 3. The quantitative estimate of drug-likeness (QED) is 0.417. The second-order valence-electron chi connectivity index (χ2n) is 2.85. The molecule has 0 aromatic carbocycles. The third-order valence-electron chi connectivity index (χ3n) is 1.33. The fourth-order valence-corrected chi connectivity index (χ4v) is 1.60. The Morgan fingerprint density at radius 2 is 2.00 bits per heavy atom. The fraction of sp³-hybridized carbons (Fsp3) is 0.714. The van der Waals surface area contributed by atoms with Crippen molar-refractivity contribution < 1.29 is 19.1 Å². The average Bonchev–Trinajstić information content (AvgIpc) is 1.85. The zero-order valence-electron chi connectivity index (χ0n) is 7.45. The van der Waals surface area contributed by atoms with E-state index in [1.807, 2.05) is 0 Å². The van der Waals surface area contributed by atoms with E-state index in [-0.39, 0.29) is 6.61 Å². The molecule has 0 rings (SSSR count). The molecule has 12 heavy (non-hydrogen) atoms. The first-order valence-corrected chi connectivity index (χ1v) is 5.73. The van der Waals surface area contributed by atoms with Crippen molar-refractivity contribution >= 4 is 8.80 Å². The average molecular weight is 192 g/mol. The van der Waals surface area contributed by atoms with Crippen molar-refractivity contribution in [3.05, 3.63) is 12.2 Å². The van der Waals surface area contributed by atoms with Gasteiger partial charge in [0.05, 0.1) is 6.61 Å². The summed E-state index contributed by atoms with van der Waals surface area (Å²) in [5.41, 5.74) is -0.0686. The maximum Gasteiger partial charge on any atom is 0.523 e. The summed E-state index contributed by atoms with van der Waals surface area (Å²) < 4.78 is 5.03. The van der Waals surface area contributed by atoms with Gasteiger partial charge in [-0.25, -0.2) is 0 Å². The van der Waals surface area contributed by atoms with E-state index in [0.717, 1.165) is 5.57 Å². The van der Waals surface area contributed by atoms with Gasteiger partial charge in [0.25, 0.3) is 0 Å². The van der Waals surface area contributed by atoms with Gasteiger partial charge < -0.3 is 19.1 Å². The van der Waals surface area contributed by atoms with Crippen LogP contribution in [0.25, 0.3) is 0 Å². The van der Waals surface area contributed by atoms with E-state index in [0.29, 0.717) is 6.42 Å². The summed E-state index contributed by atoms with van der Waals surface area (Å²) in [5.74, 6) is 0. The van der Waals surface area contributed by atoms with E-state index >= 15 is 0 Å². The second-order valence-corrected chi connectivity index (χ2v) is 4.87. The molecule has 3 N–H and O–H groups in total. The summed E-state index contributed by atoms with van der Waals surface area (Å²) in [6.45, 7) is 7.32. The molecule has 0 bridgehead atoms. The lowest BCUT2D eigenvalue weighted by molar-refractivity contribution is 0.0523. The van der Waals surface area contributed by atoms with E-state index < -0.39 is 14.5 Å². The molecule has 0 aliphatic heterocycles. The van der Waals surface area contributed by atoms with Crippen LogP contribution in [-0.4, -0.2) is 35.5 Å². The fourth-order valence-electron chi connectivity index (χ4n) is 0.746. The van der Waals surface area contributed by atoms with Crippen LogP contribution < -0.4 is 0 Å². The van der Waals surface area contributed by atoms with Gasteiger partial charge in [-0.05, 0) is 13.3 Å². The zero-order valence-corrected chi connectivity index (χ0v) is 8.45. The van der Waals surface area contributed by atoms with Gasteiger partial charge in [-0.1, -0.05) is 19.1 Å². The highest BCUT2D eigenvalue weighted by molar-refractivity contribution is 6.57. The Labute approximate surface area is 73.5 Å². The SMILES string of the molecule is C=C(C)COC(CC)[Si](O)(O)O. The smallest absolute Gasteiger partial charge is 0.388 e. The van der Waals surface area contributed by atoms with Crippen LogP contribution in [0, 0.1) is 0 Å². The van der Waals surface area contributed by atoms with Crippen LogP contribution in [0.3, 0.4) is 0 Å². The Hall–Kier alpha value is -0.203. The molecule has 0 radical (unpaired) electrons. The molecule has 0 saturated heterocycles. The molecule has 72 valence electrons. The summed E-state index contributed by atoms with van der Waals surface area (Å²) in [6.07, 6.45) is 0.378. The standard InChI is InChI=1S/C7H16O4Si/c1-4-7(12(8,9)10)11-5-6(2)3/h7-10H,2,4-5H2,1,3H3. The molecule has 0 aromatic heterocycles. The molecule has 0 heterocycles. The van der Waals surface area contributed by atoms with Crippen LogP contribution in [0.2, 0.25) is 0 Å². The molecule has 1 atom stereocenters. The lowest BCUT2D eigenvalue weighted by Crippen LogP contribution is -2.50. The van der Waals surface area contributed by atoms with Crippen molar-refractivity contribution in [1.29, 1.82) is 0 Å². The first kappa shape index (κ1) is 11.8. The Balaban J connectivity index is 3.92. The number of hydrogen-bond acceptors (Lipinski definition) is 4. The summed E-state index contributed by atoms with van der Waals surface area (Å²) >= 11 is 0. The molecule has 0 aromatic rings. The van der Waals surface area contributed by atoms with Gasteiger partial charge in [0.15, 0.2) is 0 Å². The van der Waals surface area contributed by atoms with Gasteiger partial charge >= 0.3 is 8.80 Å². The number of rotatable bonds is 5. The maximum absolute atomic E-state index is 8.89. The van der Waals surface area contributed by atoms with E-state index in [4.69, 9.17) is 19.1 Å².